The summed E-state index contributed by atoms with van der Waals surface area (Å²) in [5.41, 5.74) is 1.23. The lowest BCUT2D eigenvalue weighted by molar-refractivity contribution is 0.514. The van der Waals surface area contributed by atoms with Crippen LogP contribution in [0.15, 0.2) is 30.3 Å². The smallest absolute Gasteiger partial charge is 0.0641 e. The molecule has 2 heteroatoms. The predicted molar refractivity (Wildman–Crippen MR) is 64.7 cm³/mol. The van der Waals surface area contributed by atoms with E-state index in [2.05, 4.69) is 30.4 Å². The zero-order valence-electron chi connectivity index (χ0n) is 9.69. The molecule has 0 aromatic heterocycles. The molecule has 0 heterocycles. The Hall–Kier alpha value is -1.33. The number of nitrogens with zero attached hydrogens (tertiary/aromatic N) is 1. The molecule has 1 aliphatic rings. The van der Waals surface area contributed by atoms with E-state index in [0.717, 1.165) is 5.92 Å². The monoisotopic (exact) mass is 214 g/mol. The molecule has 1 aliphatic carbocycles. The zero-order chi connectivity index (χ0) is 11.4. The van der Waals surface area contributed by atoms with Gasteiger partial charge in [-0.1, -0.05) is 43.7 Å². The minimum atomic E-state index is 0.202. The highest BCUT2D eigenvalue weighted by Crippen LogP contribution is 2.35. The molecule has 3 unspecified atom stereocenters. The van der Waals surface area contributed by atoms with Crippen molar-refractivity contribution in [2.75, 3.05) is 0 Å². The largest absolute Gasteiger partial charge is 0.306 e. The molecule has 1 fully saturated rings. The molecule has 0 amide bonds. The Balaban J connectivity index is 1.99. The first kappa shape index (κ1) is 11.2. The summed E-state index contributed by atoms with van der Waals surface area (Å²) in [6, 6.07) is 13.4. The summed E-state index contributed by atoms with van der Waals surface area (Å²) in [5, 5.41) is 12.5. The van der Waals surface area contributed by atoms with Crippen LogP contribution < -0.4 is 5.32 Å². The van der Waals surface area contributed by atoms with Crippen molar-refractivity contribution in [1.82, 2.24) is 5.32 Å². The molecule has 0 bridgehead atoms. The Kier molecular flexibility index (Phi) is 3.58. The fraction of sp³-hybridized carbons (Fsp3) is 0.500. The summed E-state index contributed by atoms with van der Waals surface area (Å²) in [6.07, 6.45) is 3.06. The van der Waals surface area contributed by atoms with E-state index in [1.165, 1.54) is 18.4 Å². The normalized spacial score (nSPS) is 24.8. The Bertz CT molecular complexity index is 366. The zero-order valence-corrected chi connectivity index (χ0v) is 9.69. The molecule has 1 aromatic carbocycles. The molecule has 3 atom stereocenters. The van der Waals surface area contributed by atoms with Crippen molar-refractivity contribution in [1.29, 1.82) is 5.26 Å². The van der Waals surface area contributed by atoms with Crippen LogP contribution in [0, 0.1) is 17.2 Å². The minimum absolute atomic E-state index is 0.202. The highest BCUT2D eigenvalue weighted by Gasteiger charge is 2.36. The van der Waals surface area contributed by atoms with Crippen molar-refractivity contribution in [2.45, 2.75) is 38.3 Å². The van der Waals surface area contributed by atoms with E-state index >= 15 is 0 Å². The van der Waals surface area contributed by atoms with Crippen LogP contribution in [0.25, 0.3) is 0 Å². The standard InChI is InChI=1S/C14H18N2/c1-2-11-10-14(11)16-13(8-9-15)12-6-4-3-5-7-12/h3-7,11,13-14,16H,2,8,10H2,1H3. The van der Waals surface area contributed by atoms with E-state index in [0.29, 0.717) is 12.5 Å². The van der Waals surface area contributed by atoms with Gasteiger partial charge in [-0.15, -0.1) is 0 Å². The second kappa shape index (κ2) is 5.14. The third kappa shape index (κ3) is 2.62. The molecular formula is C14H18N2. The Morgan fingerprint density at radius 2 is 2.19 bits per heavy atom. The second-order valence-electron chi connectivity index (χ2n) is 4.50. The number of nitrogens with one attached hydrogen (secondary N) is 1. The number of nitriles is 1. The number of hydrogen-bond acceptors (Lipinski definition) is 2. The number of benzene rings is 1. The maximum absolute atomic E-state index is 8.86. The van der Waals surface area contributed by atoms with Crippen molar-refractivity contribution >= 4 is 0 Å². The summed E-state index contributed by atoms with van der Waals surface area (Å²) in [6.45, 7) is 2.23. The van der Waals surface area contributed by atoms with Crippen LogP contribution in [-0.4, -0.2) is 6.04 Å². The molecule has 0 radical (unpaired) electrons. The van der Waals surface area contributed by atoms with E-state index in [-0.39, 0.29) is 6.04 Å². The molecule has 0 spiro atoms. The first-order valence-corrected chi connectivity index (χ1v) is 6.03. The van der Waals surface area contributed by atoms with Crippen molar-refractivity contribution in [3.8, 4) is 6.07 Å². The summed E-state index contributed by atoms with van der Waals surface area (Å²) in [5.74, 6) is 0.824. The molecule has 1 saturated carbocycles. The number of rotatable bonds is 5. The quantitative estimate of drug-likeness (QED) is 0.817. The van der Waals surface area contributed by atoms with Gasteiger partial charge in [0.05, 0.1) is 12.5 Å². The van der Waals surface area contributed by atoms with E-state index in [9.17, 15) is 0 Å². The van der Waals surface area contributed by atoms with Crippen molar-refractivity contribution in [2.24, 2.45) is 5.92 Å². The van der Waals surface area contributed by atoms with E-state index < -0.39 is 0 Å². The summed E-state index contributed by atoms with van der Waals surface area (Å²) in [7, 11) is 0. The van der Waals surface area contributed by atoms with Crippen LogP contribution in [0.2, 0.25) is 0 Å². The van der Waals surface area contributed by atoms with Gasteiger partial charge >= 0.3 is 0 Å². The lowest BCUT2D eigenvalue weighted by Crippen LogP contribution is -2.24. The van der Waals surface area contributed by atoms with Gasteiger partial charge in [-0.2, -0.15) is 5.26 Å². The fourth-order valence-electron chi connectivity index (χ4n) is 2.21. The van der Waals surface area contributed by atoms with Gasteiger partial charge in [0.15, 0.2) is 0 Å². The van der Waals surface area contributed by atoms with Crippen molar-refractivity contribution in [3.05, 3.63) is 35.9 Å². The Labute approximate surface area is 97.3 Å². The van der Waals surface area contributed by atoms with Crippen molar-refractivity contribution in [3.63, 3.8) is 0 Å². The molecule has 2 rings (SSSR count). The van der Waals surface area contributed by atoms with E-state index in [4.69, 9.17) is 5.26 Å². The lowest BCUT2D eigenvalue weighted by atomic mass is 10.0. The first-order chi connectivity index (χ1) is 7.85. The van der Waals surface area contributed by atoms with Gasteiger partial charge in [0.2, 0.25) is 0 Å². The first-order valence-electron chi connectivity index (χ1n) is 6.03. The molecule has 16 heavy (non-hydrogen) atoms. The average molecular weight is 214 g/mol. The van der Waals surface area contributed by atoms with E-state index in [1.807, 2.05) is 18.2 Å². The van der Waals surface area contributed by atoms with Gasteiger partial charge in [0.25, 0.3) is 0 Å². The summed E-state index contributed by atoms with van der Waals surface area (Å²) < 4.78 is 0. The molecule has 2 nitrogen and oxygen atoms in total. The SMILES string of the molecule is CCC1CC1NC(CC#N)c1ccccc1. The number of hydrogen-bond donors (Lipinski definition) is 1. The van der Waals surface area contributed by atoms with Crippen LogP contribution in [0.5, 0.6) is 0 Å². The lowest BCUT2D eigenvalue weighted by Gasteiger charge is -2.16. The Morgan fingerprint density at radius 1 is 1.44 bits per heavy atom. The topological polar surface area (TPSA) is 35.8 Å². The van der Waals surface area contributed by atoms with Gasteiger partial charge in [-0.3, -0.25) is 0 Å². The maximum Gasteiger partial charge on any atom is 0.0641 e. The second-order valence-corrected chi connectivity index (χ2v) is 4.50. The van der Waals surface area contributed by atoms with Gasteiger partial charge < -0.3 is 5.32 Å². The molecule has 0 aliphatic heterocycles. The Morgan fingerprint density at radius 3 is 2.75 bits per heavy atom. The van der Waals surface area contributed by atoms with Gasteiger partial charge in [0.1, 0.15) is 0 Å². The van der Waals surface area contributed by atoms with E-state index in [1.54, 1.807) is 0 Å². The van der Waals surface area contributed by atoms with Crippen LogP contribution in [0.1, 0.15) is 37.8 Å². The van der Waals surface area contributed by atoms with Gasteiger partial charge in [-0.05, 0) is 17.9 Å². The average Bonchev–Trinajstić information content (AvgIpc) is 3.08. The maximum atomic E-state index is 8.86. The summed E-state index contributed by atoms with van der Waals surface area (Å²) >= 11 is 0. The van der Waals surface area contributed by atoms with Crippen LogP contribution in [0.3, 0.4) is 0 Å². The fourth-order valence-corrected chi connectivity index (χ4v) is 2.21. The third-order valence-corrected chi connectivity index (χ3v) is 3.36. The van der Waals surface area contributed by atoms with Gasteiger partial charge in [-0.25, -0.2) is 0 Å². The summed E-state index contributed by atoms with van der Waals surface area (Å²) in [4.78, 5) is 0. The third-order valence-electron chi connectivity index (χ3n) is 3.36. The molecule has 1 aromatic rings. The van der Waals surface area contributed by atoms with Crippen LogP contribution in [0.4, 0.5) is 0 Å². The molecular weight excluding hydrogens is 196 g/mol. The van der Waals surface area contributed by atoms with Gasteiger partial charge in [0, 0.05) is 12.1 Å². The van der Waals surface area contributed by atoms with Crippen molar-refractivity contribution < 1.29 is 0 Å². The molecule has 84 valence electrons. The minimum Gasteiger partial charge on any atom is -0.306 e. The predicted octanol–water partition coefficient (Wildman–Crippen LogP) is 3.03. The highest BCUT2D eigenvalue weighted by molar-refractivity contribution is 5.20. The van der Waals surface area contributed by atoms with Crippen LogP contribution in [-0.2, 0) is 0 Å². The molecule has 0 saturated heterocycles. The van der Waals surface area contributed by atoms with Crippen LogP contribution >= 0.6 is 0 Å². The highest BCUT2D eigenvalue weighted by atomic mass is 15.0. The molecule has 1 N–H and O–H groups in total.